The maximum Gasteiger partial charge on any atom is 0.344 e. The first-order valence-corrected chi connectivity index (χ1v) is 11.7. The average molecular weight is 442 g/mol. The highest BCUT2D eigenvalue weighted by Crippen LogP contribution is 2.41. The fourth-order valence-electron chi connectivity index (χ4n) is 4.73. The van der Waals surface area contributed by atoms with Crippen molar-refractivity contribution in [2.75, 3.05) is 10.8 Å². The lowest BCUT2D eigenvalue weighted by Gasteiger charge is -2.33. The van der Waals surface area contributed by atoms with Crippen LogP contribution >= 0.6 is 0 Å². The minimum Gasteiger partial charge on any atom is -0.322 e. The number of anilines is 1. The topological polar surface area (TPSA) is 116 Å². The predicted octanol–water partition coefficient (Wildman–Crippen LogP) is 1.88. The summed E-state index contributed by atoms with van der Waals surface area (Å²) in [6.45, 7) is 1.56. The van der Waals surface area contributed by atoms with Gasteiger partial charge in [0, 0.05) is 5.39 Å². The predicted molar refractivity (Wildman–Crippen MR) is 112 cm³/mol. The van der Waals surface area contributed by atoms with Crippen LogP contribution in [-0.4, -0.2) is 43.4 Å². The van der Waals surface area contributed by atoms with Gasteiger partial charge >= 0.3 is 6.03 Å². The molecule has 10 heteroatoms. The van der Waals surface area contributed by atoms with Gasteiger partial charge in [-0.15, -0.1) is 0 Å². The van der Waals surface area contributed by atoms with Crippen LogP contribution < -0.4 is 15.0 Å². The molecule has 0 bridgehead atoms. The number of nitrogens with one attached hydrogen (secondary N) is 2. The van der Waals surface area contributed by atoms with Crippen LogP contribution in [0.1, 0.15) is 32.6 Å². The third-order valence-corrected chi connectivity index (χ3v) is 8.30. The van der Waals surface area contributed by atoms with Crippen molar-refractivity contribution in [3.63, 3.8) is 0 Å². The molecule has 2 aromatic rings. The van der Waals surface area contributed by atoms with E-state index in [1.54, 1.807) is 30.3 Å². The molecule has 9 nitrogen and oxygen atoms in total. The van der Waals surface area contributed by atoms with Gasteiger partial charge in [0.2, 0.25) is 0 Å². The number of carbonyl (C=O) groups is 3. The fourth-order valence-corrected chi connectivity index (χ4v) is 6.40. The van der Waals surface area contributed by atoms with Crippen molar-refractivity contribution in [3.8, 4) is 0 Å². The summed E-state index contributed by atoms with van der Waals surface area (Å²) in [4.78, 5) is 38.2. The van der Waals surface area contributed by atoms with E-state index in [1.165, 1.54) is 6.07 Å². The van der Waals surface area contributed by atoms with Crippen LogP contribution in [0.4, 0.5) is 10.5 Å². The maximum atomic E-state index is 13.0. The third-order valence-electron chi connectivity index (χ3n) is 6.49. The lowest BCUT2D eigenvalue weighted by Crippen LogP contribution is -2.53. The SMILES string of the molecule is CC1CCC2(CC1)NC(=O)N(NC(=O)CN1c3cccc4cccc(c34)S1(=O)=O)C2=O. The lowest BCUT2D eigenvalue weighted by molar-refractivity contribution is -0.139. The van der Waals surface area contributed by atoms with Crippen LogP contribution in [-0.2, 0) is 19.6 Å². The molecule has 1 saturated heterocycles. The third kappa shape index (κ3) is 2.88. The Labute approximate surface area is 179 Å². The number of hydrogen-bond acceptors (Lipinski definition) is 5. The molecule has 4 amide bonds. The zero-order valence-corrected chi connectivity index (χ0v) is 17.7. The van der Waals surface area contributed by atoms with Crippen molar-refractivity contribution < 1.29 is 22.8 Å². The van der Waals surface area contributed by atoms with E-state index < -0.39 is 40.0 Å². The van der Waals surface area contributed by atoms with Crippen molar-refractivity contribution in [2.45, 2.75) is 43.0 Å². The Morgan fingerprint density at radius 3 is 2.55 bits per heavy atom. The number of benzene rings is 2. The second-order valence-electron chi connectivity index (χ2n) is 8.51. The summed E-state index contributed by atoms with van der Waals surface area (Å²) < 4.78 is 27.1. The van der Waals surface area contributed by atoms with E-state index in [-0.39, 0.29) is 4.90 Å². The van der Waals surface area contributed by atoms with Gasteiger partial charge in [0.25, 0.3) is 21.8 Å². The molecular formula is C21H22N4O5S. The van der Waals surface area contributed by atoms with E-state index in [9.17, 15) is 22.8 Å². The minimum atomic E-state index is -3.92. The van der Waals surface area contributed by atoms with Crippen molar-refractivity contribution >= 4 is 44.3 Å². The van der Waals surface area contributed by atoms with Crippen molar-refractivity contribution in [2.24, 2.45) is 5.92 Å². The van der Waals surface area contributed by atoms with Crippen LogP contribution in [0.2, 0.25) is 0 Å². The first kappa shape index (κ1) is 19.8. The molecule has 3 aliphatic rings. The van der Waals surface area contributed by atoms with Crippen molar-refractivity contribution in [3.05, 3.63) is 36.4 Å². The van der Waals surface area contributed by atoms with Crippen molar-refractivity contribution in [1.82, 2.24) is 15.8 Å². The molecule has 5 rings (SSSR count). The first-order chi connectivity index (χ1) is 14.7. The normalized spacial score (nSPS) is 26.5. The molecule has 2 N–H and O–H groups in total. The molecule has 2 aliphatic heterocycles. The molecule has 2 heterocycles. The molecule has 0 unspecified atom stereocenters. The second kappa shape index (κ2) is 6.68. The fraction of sp³-hybridized carbons (Fsp3) is 0.381. The monoisotopic (exact) mass is 442 g/mol. The number of imide groups is 1. The van der Waals surface area contributed by atoms with Gasteiger partial charge in [0.1, 0.15) is 12.1 Å². The quantitative estimate of drug-likeness (QED) is 0.704. The summed E-state index contributed by atoms with van der Waals surface area (Å²) in [6.07, 6.45) is 2.65. The van der Waals surface area contributed by atoms with E-state index in [2.05, 4.69) is 17.7 Å². The Morgan fingerprint density at radius 1 is 1.16 bits per heavy atom. The summed E-state index contributed by atoms with van der Waals surface area (Å²) >= 11 is 0. The van der Waals surface area contributed by atoms with E-state index >= 15 is 0 Å². The average Bonchev–Trinajstić information content (AvgIpc) is 3.10. The number of nitrogens with zero attached hydrogens (tertiary/aromatic N) is 2. The summed E-state index contributed by atoms with van der Waals surface area (Å²) in [5.74, 6) is -0.783. The first-order valence-electron chi connectivity index (χ1n) is 10.2. The molecule has 2 aromatic carbocycles. The highest BCUT2D eigenvalue weighted by molar-refractivity contribution is 7.93. The number of hydrazine groups is 1. The number of urea groups is 1. The maximum absolute atomic E-state index is 13.0. The Bertz CT molecular complexity index is 1230. The number of rotatable bonds is 3. The number of hydrogen-bond donors (Lipinski definition) is 2. The highest BCUT2D eigenvalue weighted by Gasteiger charge is 2.53. The molecule has 31 heavy (non-hydrogen) atoms. The van der Waals surface area contributed by atoms with Crippen LogP contribution in [0.5, 0.6) is 0 Å². The van der Waals surface area contributed by atoms with Crippen LogP contribution in [0.25, 0.3) is 10.8 Å². The van der Waals surface area contributed by atoms with Gasteiger partial charge in [0.05, 0.1) is 10.6 Å². The molecule has 0 aromatic heterocycles. The van der Waals surface area contributed by atoms with E-state index in [0.717, 1.165) is 22.5 Å². The van der Waals surface area contributed by atoms with Gasteiger partial charge < -0.3 is 5.32 Å². The number of carbonyl (C=O) groups excluding carboxylic acids is 3. The summed E-state index contributed by atoms with van der Waals surface area (Å²) in [6, 6.07) is 9.43. The molecular weight excluding hydrogens is 420 g/mol. The van der Waals surface area contributed by atoms with Gasteiger partial charge in [-0.2, -0.15) is 5.01 Å². The summed E-state index contributed by atoms with van der Waals surface area (Å²) in [7, 11) is -3.92. The van der Waals surface area contributed by atoms with E-state index in [0.29, 0.717) is 34.8 Å². The Morgan fingerprint density at radius 2 is 1.84 bits per heavy atom. The van der Waals surface area contributed by atoms with Gasteiger partial charge in [-0.25, -0.2) is 13.2 Å². The largest absolute Gasteiger partial charge is 0.344 e. The smallest absolute Gasteiger partial charge is 0.322 e. The van der Waals surface area contributed by atoms with E-state index in [4.69, 9.17) is 0 Å². The zero-order chi connectivity index (χ0) is 22.0. The molecule has 0 atom stereocenters. The van der Waals surface area contributed by atoms with Crippen LogP contribution in [0, 0.1) is 5.92 Å². The van der Waals surface area contributed by atoms with Crippen LogP contribution in [0.15, 0.2) is 41.3 Å². The number of sulfonamides is 1. The van der Waals surface area contributed by atoms with Crippen LogP contribution in [0.3, 0.4) is 0 Å². The molecule has 1 spiro atoms. The van der Waals surface area contributed by atoms with Gasteiger partial charge in [0.15, 0.2) is 0 Å². The Kier molecular flexibility index (Phi) is 4.27. The second-order valence-corrected chi connectivity index (χ2v) is 10.3. The van der Waals surface area contributed by atoms with Gasteiger partial charge in [-0.05, 0) is 49.1 Å². The van der Waals surface area contributed by atoms with Gasteiger partial charge in [-0.3, -0.25) is 19.3 Å². The Balaban J connectivity index is 1.37. The van der Waals surface area contributed by atoms with E-state index in [1.807, 2.05) is 0 Å². The summed E-state index contributed by atoms with van der Waals surface area (Å²) in [5, 5.41) is 4.73. The molecule has 0 radical (unpaired) electrons. The standard InChI is InChI=1S/C21H22N4O5S/c1-13-8-10-21(11-9-13)19(27)25(20(28)22-21)23-17(26)12-24-15-6-2-4-14-5-3-7-16(18(14)15)31(24,29)30/h2-7,13H,8-12H2,1H3,(H,22,28)(H,23,26). The molecule has 162 valence electrons. The van der Waals surface area contributed by atoms with Gasteiger partial charge in [-0.1, -0.05) is 31.2 Å². The molecule has 2 fully saturated rings. The van der Waals surface area contributed by atoms with Crippen molar-refractivity contribution in [1.29, 1.82) is 0 Å². The minimum absolute atomic E-state index is 0.138. The zero-order valence-electron chi connectivity index (χ0n) is 16.9. The number of amides is 4. The molecule has 1 aliphatic carbocycles. The lowest BCUT2D eigenvalue weighted by atomic mass is 9.77. The Hall–Kier alpha value is -3.14. The molecule has 1 saturated carbocycles. The summed E-state index contributed by atoms with van der Waals surface area (Å²) in [5.41, 5.74) is 1.72. The highest BCUT2D eigenvalue weighted by atomic mass is 32.2.